The maximum absolute atomic E-state index is 5.68. The maximum Gasteiger partial charge on any atom is 0.159 e. The van der Waals surface area contributed by atoms with Crippen molar-refractivity contribution < 1.29 is 0 Å². The van der Waals surface area contributed by atoms with Gasteiger partial charge in [0.15, 0.2) is 5.65 Å². The number of nitrogens with two attached hydrogens (primary N) is 1. The number of pyridine rings is 1. The first-order chi connectivity index (χ1) is 9.31. The molecule has 4 heteroatoms. The molecule has 0 atom stereocenters. The second-order valence-electron chi connectivity index (χ2n) is 4.54. The van der Waals surface area contributed by atoms with Crippen molar-refractivity contribution in [2.75, 3.05) is 6.54 Å². The van der Waals surface area contributed by atoms with Crippen LogP contribution in [0, 0.1) is 0 Å². The lowest BCUT2D eigenvalue weighted by molar-refractivity contribution is 0.926. The third-order valence-corrected chi connectivity index (χ3v) is 3.30. The molecule has 3 rings (SSSR count). The zero-order valence-corrected chi connectivity index (χ0v) is 10.9. The molecule has 2 N–H and O–H groups in total. The van der Waals surface area contributed by atoms with Crippen molar-refractivity contribution in [3.8, 4) is 11.4 Å². The molecule has 3 aromatic rings. The standard InChI is InChI=1S/C15H16N4/c1-19-14(18-13-7-4-10-17-15(13)19)12-6-3-2-5-11(12)8-9-16/h2-7,10H,8-9,16H2,1H3. The van der Waals surface area contributed by atoms with E-state index in [4.69, 9.17) is 5.73 Å². The summed E-state index contributed by atoms with van der Waals surface area (Å²) in [6.45, 7) is 0.638. The number of aryl methyl sites for hydroxylation is 1. The Labute approximate surface area is 111 Å². The Balaban J connectivity index is 2.22. The van der Waals surface area contributed by atoms with Crippen LogP contribution >= 0.6 is 0 Å². The Hall–Kier alpha value is -2.20. The number of hydrogen-bond donors (Lipinski definition) is 1. The zero-order chi connectivity index (χ0) is 13.2. The van der Waals surface area contributed by atoms with Gasteiger partial charge in [-0.3, -0.25) is 0 Å². The lowest BCUT2D eigenvalue weighted by Crippen LogP contribution is -2.05. The van der Waals surface area contributed by atoms with E-state index in [-0.39, 0.29) is 0 Å². The van der Waals surface area contributed by atoms with Crippen molar-refractivity contribution in [1.29, 1.82) is 0 Å². The number of imidazole rings is 1. The topological polar surface area (TPSA) is 56.7 Å². The molecule has 0 fully saturated rings. The third-order valence-electron chi connectivity index (χ3n) is 3.30. The van der Waals surface area contributed by atoms with E-state index in [0.717, 1.165) is 29.0 Å². The van der Waals surface area contributed by atoms with E-state index in [1.807, 2.05) is 35.9 Å². The van der Waals surface area contributed by atoms with E-state index in [9.17, 15) is 0 Å². The Bertz CT molecular complexity index is 715. The van der Waals surface area contributed by atoms with Gasteiger partial charge < -0.3 is 10.3 Å². The van der Waals surface area contributed by atoms with Crippen molar-refractivity contribution >= 4 is 11.2 Å². The van der Waals surface area contributed by atoms with Crippen LogP contribution in [0.25, 0.3) is 22.6 Å². The molecule has 0 saturated heterocycles. The van der Waals surface area contributed by atoms with Crippen LogP contribution < -0.4 is 5.73 Å². The molecule has 0 unspecified atom stereocenters. The van der Waals surface area contributed by atoms with Gasteiger partial charge in [0.2, 0.25) is 0 Å². The van der Waals surface area contributed by atoms with Crippen molar-refractivity contribution in [3.05, 3.63) is 48.2 Å². The minimum absolute atomic E-state index is 0.638. The second-order valence-corrected chi connectivity index (χ2v) is 4.54. The van der Waals surface area contributed by atoms with Crippen LogP contribution in [0.2, 0.25) is 0 Å². The first-order valence-corrected chi connectivity index (χ1v) is 6.37. The fourth-order valence-corrected chi connectivity index (χ4v) is 2.38. The van der Waals surface area contributed by atoms with E-state index >= 15 is 0 Å². The van der Waals surface area contributed by atoms with Crippen LogP contribution in [0.3, 0.4) is 0 Å². The van der Waals surface area contributed by atoms with Crippen molar-refractivity contribution in [2.45, 2.75) is 6.42 Å². The highest BCUT2D eigenvalue weighted by molar-refractivity contribution is 5.77. The highest BCUT2D eigenvalue weighted by Gasteiger charge is 2.12. The molecule has 0 aliphatic heterocycles. The molecule has 19 heavy (non-hydrogen) atoms. The minimum Gasteiger partial charge on any atom is -0.330 e. The van der Waals surface area contributed by atoms with Crippen molar-refractivity contribution in [2.24, 2.45) is 12.8 Å². The van der Waals surface area contributed by atoms with Gasteiger partial charge >= 0.3 is 0 Å². The van der Waals surface area contributed by atoms with E-state index in [1.54, 1.807) is 6.20 Å². The van der Waals surface area contributed by atoms with Gasteiger partial charge in [0.1, 0.15) is 11.3 Å². The van der Waals surface area contributed by atoms with Crippen LogP contribution in [-0.2, 0) is 13.5 Å². The quantitative estimate of drug-likeness (QED) is 0.777. The summed E-state index contributed by atoms with van der Waals surface area (Å²) >= 11 is 0. The predicted molar refractivity (Wildman–Crippen MR) is 76.7 cm³/mol. The second kappa shape index (κ2) is 4.82. The zero-order valence-electron chi connectivity index (χ0n) is 10.9. The molecule has 0 amide bonds. The van der Waals surface area contributed by atoms with Gasteiger partial charge in [-0.2, -0.15) is 0 Å². The van der Waals surface area contributed by atoms with Gasteiger partial charge in [-0.05, 0) is 30.7 Å². The molecule has 0 saturated carbocycles. The SMILES string of the molecule is Cn1c(-c2ccccc2CCN)nc2cccnc21. The third kappa shape index (κ3) is 2.00. The summed E-state index contributed by atoms with van der Waals surface area (Å²) in [7, 11) is 2.00. The molecule has 0 aliphatic carbocycles. The highest BCUT2D eigenvalue weighted by atomic mass is 15.1. The summed E-state index contributed by atoms with van der Waals surface area (Å²) in [6, 6.07) is 12.2. The Morgan fingerprint density at radius 1 is 1.16 bits per heavy atom. The van der Waals surface area contributed by atoms with Crippen molar-refractivity contribution in [1.82, 2.24) is 14.5 Å². The van der Waals surface area contributed by atoms with Crippen LogP contribution in [0.4, 0.5) is 0 Å². The molecule has 1 aromatic carbocycles. The molecule has 96 valence electrons. The van der Waals surface area contributed by atoms with Crippen LogP contribution in [0.5, 0.6) is 0 Å². The van der Waals surface area contributed by atoms with Gasteiger partial charge in [0.05, 0.1) is 0 Å². The molecule has 0 spiro atoms. The van der Waals surface area contributed by atoms with Crippen LogP contribution in [0.15, 0.2) is 42.6 Å². The molecule has 0 radical (unpaired) electrons. The molecule has 0 bridgehead atoms. The maximum atomic E-state index is 5.68. The summed E-state index contributed by atoms with van der Waals surface area (Å²) in [5.41, 5.74) is 9.86. The Morgan fingerprint density at radius 2 is 2.00 bits per heavy atom. The largest absolute Gasteiger partial charge is 0.330 e. The van der Waals surface area contributed by atoms with E-state index in [1.165, 1.54) is 5.56 Å². The number of rotatable bonds is 3. The van der Waals surface area contributed by atoms with E-state index in [2.05, 4.69) is 22.1 Å². The molecular formula is C15H16N4. The molecule has 2 aromatic heterocycles. The number of benzene rings is 1. The first kappa shape index (κ1) is 11.9. The van der Waals surface area contributed by atoms with Gasteiger partial charge in [0.25, 0.3) is 0 Å². The predicted octanol–water partition coefficient (Wildman–Crippen LogP) is 2.14. The minimum atomic E-state index is 0.638. The Morgan fingerprint density at radius 3 is 2.79 bits per heavy atom. The molecular weight excluding hydrogens is 236 g/mol. The van der Waals surface area contributed by atoms with Crippen LogP contribution in [-0.4, -0.2) is 21.1 Å². The monoisotopic (exact) mass is 252 g/mol. The van der Waals surface area contributed by atoms with Gasteiger partial charge in [0, 0.05) is 18.8 Å². The summed E-state index contributed by atoms with van der Waals surface area (Å²) in [5.74, 6) is 0.942. The van der Waals surface area contributed by atoms with Crippen molar-refractivity contribution in [3.63, 3.8) is 0 Å². The fourth-order valence-electron chi connectivity index (χ4n) is 2.38. The smallest absolute Gasteiger partial charge is 0.159 e. The first-order valence-electron chi connectivity index (χ1n) is 6.37. The normalized spacial score (nSPS) is 11.1. The van der Waals surface area contributed by atoms with Gasteiger partial charge in [-0.1, -0.05) is 24.3 Å². The van der Waals surface area contributed by atoms with E-state index < -0.39 is 0 Å². The molecule has 2 heterocycles. The van der Waals surface area contributed by atoms with E-state index in [0.29, 0.717) is 6.54 Å². The van der Waals surface area contributed by atoms with Gasteiger partial charge in [-0.15, -0.1) is 0 Å². The summed E-state index contributed by atoms with van der Waals surface area (Å²) < 4.78 is 2.03. The summed E-state index contributed by atoms with van der Waals surface area (Å²) in [4.78, 5) is 9.06. The Kier molecular flexibility index (Phi) is 3.01. The number of nitrogens with zero attached hydrogens (tertiary/aromatic N) is 3. The lowest BCUT2D eigenvalue weighted by atomic mass is 10.0. The number of aromatic nitrogens is 3. The van der Waals surface area contributed by atoms with Crippen LogP contribution in [0.1, 0.15) is 5.56 Å². The average Bonchev–Trinajstić information content (AvgIpc) is 2.78. The summed E-state index contributed by atoms with van der Waals surface area (Å²) in [6.07, 6.45) is 2.65. The highest BCUT2D eigenvalue weighted by Crippen LogP contribution is 2.25. The average molecular weight is 252 g/mol. The summed E-state index contributed by atoms with van der Waals surface area (Å²) in [5, 5.41) is 0. The number of fused-ring (bicyclic) bond motifs is 1. The fraction of sp³-hybridized carbons (Fsp3) is 0.200. The number of hydrogen-bond acceptors (Lipinski definition) is 3. The lowest BCUT2D eigenvalue weighted by Gasteiger charge is -2.08. The van der Waals surface area contributed by atoms with Gasteiger partial charge in [-0.25, -0.2) is 9.97 Å². The molecule has 4 nitrogen and oxygen atoms in total. The molecule has 0 aliphatic rings.